The predicted octanol–water partition coefficient (Wildman–Crippen LogP) is 1.36. The molecule has 4 N–H and O–H groups in total. The number of allylic oxidation sites excluding steroid dienone is 2. The van der Waals surface area contributed by atoms with Gasteiger partial charge in [0.25, 0.3) is 5.91 Å². The summed E-state index contributed by atoms with van der Waals surface area (Å²) in [6.07, 6.45) is 8.84. The molecule has 198 valence electrons. The lowest BCUT2D eigenvalue weighted by molar-refractivity contribution is -0.125. The number of piperidine rings is 2. The second-order valence-corrected chi connectivity index (χ2v) is 11.3. The van der Waals surface area contributed by atoms with Crippen molar-refractivity contribution < 1.29 is 9.53 Å². The van der Waals surface area contributed by atoms with Crippen LogP contribution in [0.5, 0.6) is 0 Å². The number of hydrogen-bond donors (Lipinski definition) is 3. The summed E-state index contributed by atoms with van der Waals surface area (Å²) in [5, 5.41) is 11.2. The molecule has 6 rings (SSSR count). The number of dihydropyridines is 1. The van der Waals surface area contributed by atoms with Gasteiger partial charge in [0, 0.05) is 50.9 Å². The third kappa shape index (κ3) is 3.95. The number of H-pyrrole nitrogens is 1. The zero-order valence-electron chi connectivity index (χ0n) is 22.1. The second kappa shape index (κ2) is 8.98. The van der Waals surface area contributed by atoms with E-state index in [0.717, 1.165) is 68.4 Å². The van der Waals surface area contributed by atoms with Gasteiger partial charge in [-0.2, -0.15) is 5.10 Å². The number of nitrogens with zero attached hydrogens (tertiary/aromatic N) is 6. The molecule has 2 aromatic heterocycles. The molecule has 0 aromatic carbocycles. The van der Waals surface area contributed by atoms with Crippen LogP contribution in [0.1, 0.15) is 33.1 Å². The van der Waals surface area contributed by atoms with Gasteiger partial charge in [0.2, 0.25) is 0 Å². The molecule has 2 aromatic rings. The molecule has 1 amide bonds. The lowest BCUT2D eigenvalue weighted by atomic mass is 9.73. The summed E-state index contributed by atoms with van der Waals surface area (Å²) in [6, 6.07) is 0.121. The van der Waals surface area contributed by atoms with Crippen LogP contribution in [0.2, 0.25) is 0 Å². The third-order valence-corrected chi connectivity index (χ3v) is 8.80. The molecular formula is C26H37N9O2. The lowest BCUT2D eigenvalue weighted by Gasteiger charge is -2.42. The molecule has 4 aliphatic heterocycles. The summed E-state index contributed by atoms with van der Waals surface area (Å²) in [5.41, 5.74) is 9.71. The Balaban J connectivity index is 1.23. The largest absolute Gasteiger partial charge is 0.376 e. The van der Waals surface area contributed by atoms with Crippen molar-refractivity contribution in [2.75, 3.05) is 50.1 Å². The molecule has 0 radical (unpaired) electrons. The second-order valence-electron chi connectivity index (χ2n) is 11.3. The normalized spacial score (nSPS) is 29.1. The van der Waals surface area contributed by atoms with Crippen LogP contribution in [0.4, 0.5) is 11.6 Å². The monoisotopic (exact) mass is 507 g/mol. The van der Waals surface area contributed by atoms with Crippen molar-refractivity contribution in [3.05, 3.63) is 29.7 Å². The number of fused-ring (bicyclic) bond motifs is 2. The first-order chi connectivity index (χ1) is 17.8. The van der Waals surface area contributed by atoms with Crippen LogP contribution in [0, 0.1) is 11.3 Å². The van der Waals surface area contributed by atoms with Gasteiger partial charge in [0.15, 0.2) is 17.0 Å². The molecule has 0 bridgehead atoms. The van der Waals surface area contributed by atoms with Gasteiger partial charge in [-0.15, -0.1) is 0 Å². The number of aromatic nitrogens is 4. The number of rotatable bonds is 3. The fourth-order valence-electron chi connectivity index (χ4n) is 6.26. The number of carbonyl (C=O) groups is 1. The Hall–Kier alpha value is -3.18. The maximum atomic E-state index is 12.5. The number of likely N-dealkylation sites (N-methyl/N-ethyl adjacent to an activating group) is 1. The summed E-state index contributed by atoms with van der Waals surface area (Å²) in [7, 11) is 3.54. The van der Waals surface area contributed by atoms with E-state index >= 15 is 0 Å². The fraction of sp³-hybridized carbons (Fsp3) is 0.615. The Bertz CT molecular complexity index is 1260. The number of amides is 1. The van der Waals surface area contributed by atoms with Crippen molar-refractivity contribution in [3.8, 4) is 0 Å². The smallest absolute Gasteiger partial charge is 0.269 e. The number of ether oxygens (including phenoxy) is 1. The van der Waals surface area contributed by atoms with E-state index in [1.807, 2.05) is 18.3 Å². The number of carbonyl (C=O) groups excluding carboxylic acids is 1. The molecule has 37 heavy (non-hydrogen) atoms. The van der Waals surface area contributed by atoms with Gasteiger partial charge in [-0.25, -0.2) is 9.97 Å². The van der Waals surface area contributed by atoms with Crippen molar-refractivity contribution in [1.29, 1.82) is 0 Å². The fourth-order valence-corrected chi connectivity index (χ4v) is 6.26. The molecule has 3 saturated heterocycles. The summed E-state index contributed by atoms with van der Waals surface area (Å²) >= 11 is 0. The highest BCUT2D eigenvalue weighted by Gasteiger charge is 2.47. The van der Waals surface area contributed by atoms with Crippen molar-refractivity contribution in [2.24, 2.45) is 17.1 Å². The van der Waals surface area contributed by atoms with Crippen LogP contribution >= 0.6 is 0 Å². The van der Waals surface area contributed by atoms with Crippen LogP contribution in [-0.4, -0.2) is 89.5 Å². The molecule has 4 atom stereocenters. The maximum absolute atomic E-state index is 12.5. The maximum Gasteiger partial charge on any atom is 0.269 e. The topological polar surface area (TPSA) is 129 Å². The van der Waals surface area contributed by atoms with Crippen molar-refractivity contribution in [3.63, 3.8) is 0 Å². The minimum Gasteiger partial charge on any atom is -0.376 e. The van der Waals surface area contributed by atoms with Gasteiger partial charge in [0.05, 0.1) is 24.9 Å². The van der Waals surface area contributed by atoms with E-state index < -0.39 is 0 Å². The van der Waals surface area contributed by atoms with E-state index in [4.69, 9.17) is 20.4 Å². The highest BCUT2D eigenvalue weighted by molar-refractivity contribution is 5.93. The summed E-state index contributed by atoms with van der Waals surface area (Å²) in [6.45, 7) is 7.64. The van der Waals surface area contributed by atoms with Gasteiger partial charge in [0.1, 0.15) is 11.5 Å². The number of anilines is 2. The van der Waals surface area contributed by atoms with Crippen LogP contribution < -0.4 is 20.9 Å². The van der Waals surface area contributed by atoms with Crippen molar-refractivity contribution in [1.82, 2.24) is 30.4 Å². The van der Waals surface area contributed by atoms with Gasteiger partial charge in [-0.05, 0) is 44.3 Å². The molecular weight excluding hydrogens is 470 g/mol. The predicted molar refractivity (Wildman–Crippen MR) is 142 cm³/mol. The van der Waals surface area contributed by atoms with E-state index in [9.17, 15) is 4.79 Å². The van der Waals surface area contributed by atoms with Crippen LogP contribution in [0.15, 0.2) is 29.7 Å². The number of nitrogens with one attached hydrogen (secondary N) is 2. The molecule has 4 aliphatic rings. The number of nitrogens with two attached hydrogens (primary N) is 1. The van der Waals surface area contributed by atoms with E-state index in [-0.39, 0.29) is 29.5 Å². The Labute approximate surface area is 217 Å². The van der Waals surface area contributed by atoms with Crippen molar-refractivity contribution >= 4 is 28.7 Å². The lowest BCUT2D eigenvalue weighted by Crippen LogP contribution is -2.51. The summed E-state index contributed by atoms with van der Waals surface area (Å²) < 4.78 is 5.87. The Morgan fingerprint density at radius 1 is 1.22 bits per heavy atom. The molecule has 0 saturated carbocycles. The molecule has 6 heterocycles. The first-order valence-electron chi connectivity index (χ1n) is 13.3. The minimum atomic E-state index is -0.0242. The van der Waals surface area contributed by atoms with Gasteiger partial charge in [-0.3, -0.25) is 9.89 Å². The quantitative estimate of drug-likeness (QED) is 0.564. The van der Waals surface area contributed by atoms with E-state index in [2.05, 4.69) is 39.2 Å². The zero-order valence-corrected chi connectivity index (χ0v) is 22.1. The number of hydrogen-bond acceptors (Lipinski definition) is 9. The SMILES string of the molecule is C[C@@H]1CCN(c2n[nH]c3nc(N4CCC5(CC4)CO[C@@H](C)[C@H]5N)cnc23)C2=CC=C(C(=O)N(C)C)NC21. The van der Waals surface area contributed by atoms with Crippen LogP contribution in [0.25, 0.3) is 11.2 Å². The first-order valence-corrected chi connectivity index (χ1v) is 13.3. The highest BCUT2D eigenvalue weighted by Crippen LogP contribution is 2.42. The average Bonchev–Trinajstić information content (AvgIpc) is 3.45. The van der Waals surface area contributed by atoms with Gasteiger partial charge < -0.3 is 30.5 Å². The van der Waals surface area contributed by atoms with E-state index in [1.54, 1.807) is 19.0 Å². The molecule has 11 heteroatoms. The van der Waals surface area contributed by atoms with Crippen molar-refractivity contribution in [2.45, 2.75) is 51.3 Å². The Morgan fingerprint density at radius 3 is 2.70 bits per heavy atom. The number of aromatic amines is 1. The first kappa shape index (κ1) is 24.2. The molecule has 3 fully saturated rings. The van der Waals surface area contributed by atoms with Crippen LogP contribution in [-0.2, 0) is 9.53 Å². The molecule has 11 nitrogen and oxygen atoms in total. The molecule has 1 spiro atoms. The van der Waals surface area contributed by atoms with Gasteiger partial charge >= 0.3 is 0 Å². The molecule has 1 unspecified atom stereocenters. The average molecular weight is 508 g/mol. The molecule has 0 aliphatic carbocycles. The van der Waals surface area contributed by atoms with Gasteiger partial charge in [-0.1, -0.05) is 6.92 Å². The van der Waals surface area contributed by atoms with E-state index in [0.29, 0.717) is 17.3 Å². The third-order valence-electron chi connectivity index (χ3n) is 8.80. The standard InChI is InChI=1S/C26H37N9O2/c1-15-7-10-35(18-6-5-17(29-20(15)18)25(36)33(3)4)24-21-23(31-32-24)30-19(13-28-21)34-11-8-26(9-12-34)14-37-16(2)22(26)27/h5-6,13,15-16,20,22,29H,7-12,14,27H2,1-4H3,(H,30,31,32)/t15-,16+,20?,22-/m1/s1. The van der Waals surface area contributed by atoms with Crippen LogP contribution in [0.3, 0.4) is 0 Å². The highest BCUT2D eigenvalue weighted by atomic mass is 16.5. The Kier molecular flexibility index (Phi) is 5.87. The van der Waals surface area contributed by atoms with E-state index in [1.165, 1.54) is 0 Å². The minimum absolute atomic E-state index is 0.0242. The summed E-state index contributed by atoms with van der Waals surface area (Å²) in [4.78, 5) is 28.3. The Morgan fingerprint density at radius 2 is 2.00 bits per heavy atom. The zero-order chi connectivity index (χ0) is 25.9. The summed E-state index contributed by atoms with van der Waals surface area (Å²) in [5.74, 6) is 1.99.